The lowest BCUT2D eigenvalue weighted by atomic mass is 9.78. The fraction of sp³-hybridized carbons (Fsp3) is 0.304. The Morgan fingerprint density at radius 2 is 1.93 bits per heavy atom. The number of fused-ring (bicyclic) bond motifs is 2. The van der Waals surface area contributed by atoms with Crippen LogP contribution in [0.4, 0.5) is 0 Å². The SMILES string of the molecule is C=CC1=C(N=CC)NC(=O)C12Cc1cc3ccc(CCCN)cc3cc1C2.[B]. The largest absolute Gasteiger partial charge is 0.330 e. The molecule has 141 valence electrons. The van der Waals surface area contributed by atoms with Crippen LogP contribution in [0.2, 0.25) is 0 Å². The van der Waals surface area contributed by atoms with E-state index in [1.165, 1.54) is 27.5 Å². The third kappa shape index (κ3) is 3.10. The summed E-state index contributed by atoms with van der Waals surface area (Å²) in [5.74, 6) is 0.667. The van der Waals surface area contributed by atoms with E-state index < -0.39 is 5.41 Å². The molecule has 1 amide bonds. The normalized spacial score (nSPS) is 20.7. The molecule has 4 nitrogen and oxygen atoms in total. The summed E-state index contributed by atoms with van der Waals surface area (Å²) in [7, 11) is 0. The zero-order valence-corrected chi connectivity index (χ0v) is 16.3. The van der Waals surface area contributed by atoms with Crippen LogP contribution in [0.15, 0.2) is 59.4 Å². The summed E-state index contributed by atoms with van der Waals surface area (Å²) in [6.07, 6.45) is 6.88. The molecular weight excluding hydrogens is 345 g/mol. The fourth-order valence-electron chi connectivity index (χ4n) is 4.46. The number of carbonyl (C=O) groups is 1. The highest BCUT2D eigenvalue weighted by atomic mass is 16.2. The molecule has 1 atom stereocenters. The van der Waals surface area contributed by atoms with Gasteiger partial charge in [-0.2, -0.15) is 0 Å². The number of hydrogen-bond acceptors (Lipinski definition) is 3. The van der Waals surface area contributed by atoms with Crippen molar-refractivity contribution in [3.63, 3.8) is 0 Å². The average molecular weight is 370 g/mol. The maximum absolute atomic E-state index is 12.9. The topological polar surface area (TPSA) is 67.5 Å². The maximum Gasteiger partial charge on any atom is 0.237 e. The van der Waals surface area contributed by atoms with Gasteiger partial charge in [-0.1, -0.05) is 43.0 Å². The number of rotatable bonds is 5. The molecule has 0 saturated carbocycles. The van der Waals surface area contributed by atoms with Crippen LogP contribution in [0.1, 0.15) is 30.0 Å². The van der Waals surface area contributed by atoms with Crippen LogP contribution in [-0.2, 0) is 24.1 Å². The van der Waals surface area contributed by atoms with E-state index in [1.807, 2.05) is 6.92 Å². The van der Waals surface area contributed by atoms with Gasteiger partial charge >= 0.3 is 0 Å². The van der Waals surface area contributed by atoms with E-state index in [9.17, 15) is 4.79 Å². The number of nitrogens with two attached hydrogens (primary N) is 1. The number of benzene rings is 2. The number of amides is 1. The van der Waals surface area contributed by atoms with Crippen LogP contribution in [0, 0.1) is 5.41 Å². The second-order valence-corrected chi connectivity index (χ2v) is 7.44. The van der Waals surface area contributed by atoms with Gasteiger partial charge in [0.1, 0.15) is 5.82 Å². The van der Waals surface area contributed by atoms with Gasteiger partial charge < -0.3 is 11.1 Å². The molecule has 4 rings (SSSR count). The van der Waals surface area contributed by atoms with E-state index in [4.69, 9.17) is 5.73 Å². The lowest BCUT2D eigenvalue weighted by Gasteiger charge is -2.21. The number of nitrogens with one attached hydrogen (secondary N) is 1. The van der Waals surface area contributed by atoms with Crippen LogP contribution in [-0.4, -0.2) is 27.1 Å². The minimum absolute atomic E-state index is 0. The monoisotopic (exact) mass is 370 g/mol. The number of nitrogens with zero attached hydrogens (tertiary/aromatic N) is 1. The minimum atomic E-state index is -0.578. The molecule has 0 fully saturated rings. The smallest absolute Gasteiger partial charge is 0.237 e. The molecular formula is C23H25BN3O. The quantitative estimate of drug-likeness (QED) is 0.628. The van der Waals surface area contributed by atoms with Crippen LogP contribution in [0.25, 0.3) is 10.8 Å². The Balaban J connectivity index is 0.00000225. The molecule has 2 aliphatic rings. The summed E-state index contributed by atoms with van der Waals surface area (Å²) in [6.45, 7) is 6.51. The van der Waals surface area contributed by atoms with Gasteiger partial charge in [0.05, 0.1) is 5.41 Å². The maximum atomic E-state index is 12.9. The molecule has 5 heteroatoms. The molecule has 1 aliphatic carbocycles. The molecule has 0 bridgehead atoms. The number of aryl methyl sites for hydroxylation is 1. The summed E-state index contributed by atoms with van der Waals surface area (Å²) < 4.78 is 0. The summed E-state index contributed by atoms with van der Waals surface area (Å²) in [5, 5.41) is 5.41. The van der Waals surface area contributed by atoms with Crippen molar-refractivity contribution < 1.29 is 4.79 Å². The molecule has 1 heterocycles. The lowest BCUT2D eigenvalue weighted by Crippen LogP contribution is -2.34. The van der Waals surface area contributed by atoms with Crippen LogP contribution < -0.4 is 11.1 Å². The van der Waals surface area contributed by atoms with E-state index in [0.717, 1.165) is 18.4 Å². The first-order valence-electron chi connectivity index (χ1n) is 9.53. The molecule has 3 radical (unpaired) electrons. The number of aliphatic imine (C=N–C) groups is 1. The summed E-state index contributed by atoms with van der Waals surface area (Å²) in [5.41, 5.74) is 9.77. The molecule has 1 aliphatic heterocycles. The van der Waals surface area contributed by atoms with Crippen molar-refractivity contribution in [3.05, 3.63) is 71.1 Å². The van der Waals surface area contributed by atoms with Crippen LogP contribution in [0.5, 0.6) is 0 Å². The minimum Gasteiger partial charge on any atom is -0.330 e. The van der Waals surface area contributed by atoms with Gasteiger partial charge in [0.2, 0.25) is 5.91 Å². The van der Waals surface area contributed by atoms with E-state index in [1.54, 1.807) is 12.3 Å². The van der Waals surface area contributed by atoms with Gasteiger partial charge in [-0.3, -0.25) is 4.79 Å². The first-order chi connectivity index (χ1) is 13.1. The molecule has 1 unspecified atom stereocenters. The van der Waals surface area contributed by atoms with E-state index in [-0.39, 0.29) is 14.3 Å². The third-order valence-corrected chi connectivity index (χ3v) is 5.78. The van der Waals surface area contributed by atoms with Gasteiger partial charge in [-0.25, -0.2) is 4.99 Å². The molecule has 2 aromatic carbocycles. The Labute approximate surface area is 168 Å². The number of hydrogen-bond donors (Lipinski definition) is 2. The van der Waals surface area contributed by atoms with E-state index in [0.29, 0.717) is 25.2 Å². The first kappa shape index (κ1) is 20.1. The third-order valence-electron chi connectivity index (χ3n) is 5.78. The van der Waals surface area contributed by atoms with Crippen molar-refractivity contribution in [1.29, 1.82) is 0 Å². The molecule has 1 spiro atoms. The molecule has 0 aromatic heterocycles. The van der Waals surface area contributed by atoms with Crippen molar-refractivity contribution in [2.45, 2.75) is 32.6 Å². The standard InChI is InChI=1S/C23H25N3O.B/c1-3-20-21(25-4-2)26-22(27)23(20)13-18-11-16-8-7-15(6-5-9-24)10-17(16)12-19(18)14-23;/h3-4,7-8,10-12H,1,5-6,9,13-14,24H2,2H3,(H,26,27);. The van der Waals surface area contributed by atoms with Crippen molar-refractivity contribution in [3.8, 4) is 0 Å². The van der Waals surface area contributed by atoms with Crippen LogP contribution >= 0.6 is 0 Å². The average Bonchev–Trinajstić information content (AvgIpc) is 3.15. The van der Waals surface area contributed by atoms with Crippen molar-refractivity contribution in [2.75, 3.05) is 6.54 Å². The molecule has 28 heavy (non-hydrogen) atoms. The van der Waals surface area contributed by atoms with E-state index >= 15 is 0 Å². The predicted molar refractivity (Wildman–Crippen MR) is 116 cm³/mol. The van der Waals surface area contributed by atoms with Gasteiger partial charge in [0.25, 0.3) is 0 Å². The lowest BCUT2D eigenvalue weighted by molar-refractivity contribution is -0.126. The predicted octanol–water partition coefficient (Wildman–Crippen LogP) is 3.05. The first-order valence-corrected chi connectivity index (χ1v) is 9.53. The molecule has 0 saturated heterocycles. The molecule has 3 N–H and O–H groups in total. The Bertz CT molecular complexity index is 1010. The van der Waals surface area contributed by atoms with Crippen molar-refractivity contribution in [2.24, 2.45) is 16.1 Å². The zero-order valence-electron chi connectivity index (χ0n) is 16.3. The second kappa shape index (κ2) is 7.76. The summed E-state index contributed by atoms with van der Waals surface area (Å²) in [4.78, 5) is 17.2. The highest BCUT2D eigenvalue weighted by molar-refractivity contribution is 5.95. The highest BCUT2D eigenvalue weighted by Crippen LogP contribution is 2.48. The van der Waals surface area contributed by atoms with Crippen LogP contribution in [0.3, 0.4) is 0 Å². The Kier molecular flexibility index (Phi) is 5.57. The van der Waals surface area contributed by atoms with Gasteiger partial charge in [0, 0.05) is 20.2 Å². The van der Waals surface area contributed by atoms with Crippen molar-refractivity contribution in [1.82, 2.24) is 5.32 Å². The van der Waals surface area contributed by atoms with Gasteiger partial charge in [-0.15, -0.1) is 0 Å². The zero-order chi connectivity index (χ0) is 19.0. The Morgan fingerprint density at radius 3 is 2.57 bits per heavy atom. The van der Waals surface area contributed by atoms with Gasteiger partial charge in [-0.05, 0) is 66.6 Å². The number of allylic oxidation sites excluding steroid dienone is 1. The Morgan fingerprint density at radius 1 is 1.21 bits per heavy atom. The second-order valence-electron chi connectivity index (χ2n) is 7.44. The van der Waals surface area contributed by atoms with Gasteiger partial charge in [0.15, 0.2) is 0 Å². The summed E-state index contributed by atoms with van der Waals surface area (Å²) >= 11 is 0. The Hall–Kier alpha value is -2.66. The number of carbonyl (C=O) groups excluding carboxylic acids is 1. The van der Waals surface area contributed by atoms with E-state index in [2.05, 4.69) is 47.2 Å². The molecule has 2 aromatic rings. The van der Waals surface area contributed by atoms with Crippen molar-refractivity contribution >= 4 is 31.3 Å². The fourth-order valence-corrected chi connectivity index (χ4v) is 4.46. The highest BCUT2D eigenvalue weighted by Gasteiger charge is 2.51. The summed E-state index contributed by atoms with van der Waals surface area (Å²) in [6, 6.07) is 11.1.